The van der Waals surface area contributed by atoms with Crippen LogP contribution in [0.4, 0.5) is 13.2 Å². The summed E-state index contributed by atoms with van der Waals surface area (Å²) >= 11 is 1.24. The quantitative estimate of drug-likeness (QED) is 0.576. The van der Waals surface area contributed by atoms with Crippen LogP contribution >= 0.6 is 11.8 Å². The number of carbonyl (C=O) groups excluding carboxylic acids is 1. The number of thioether (sulfide) groups is 1. The van der Waals surface area contributed by atoms with Crippen LogP contribution in [0.5, 0.6) is 0 Å². The Balaban J connectivity index is 2.37. The van der Waals surface area contributed by atoms with E-state index < -0.39 is 24.3 Å². The lowest BCUT2D eigenvalue weighted by Crippen LogP contribution is -2.32. The Hall–Kier alpha value is -1.11. The van der Waals surface area contributed by atoms with Gasteiger partial charge in [-0.1, -0.05) is 11.8 Å². The van der Waals surface area contributed by atoms with Gasteiger partial charge in [0.2, 0.25) is 0 Å². The number of ketones is 1. The molecule has 92 valence electrons. The van der Waals surface area contributed by atoms with E-state index in [9.17, 15) is 18.0 Å². The number of fused-ring (bicyclic) bond motifs is 1. The van der Waals surface area contributed by atoms with Crippen LogP contribution in [0.25, 0.3) is 0 Å². The summed E-state index contributed by atoms with van der Waals surface area (Å²) in [7, 11) is 0. The number of carbonyl (C=O) groups is 1. The maximum absolute atomic E-state index is 12.6. The van der Waals surface area contributed by atoms with Gasteiger partial charge in [-0.05, 0) is 6.26 Å². The molecule has 0 saturated carbocycles. The molecule has 1 aliphatic rings. The summed E-state index contributed by atoms with van der Waals surface area (Å²) in [6.45, 7) is 0. The average molecular weight is 262 g/mol. The number of hydrogen-bond acceptors (Lipinski definition) is 4. The summed E-state index contributed by atoms with van der Waals surface area (Å²) in [5, 5.41) is 0.388. The number of aromatic nitrogens is 2. The molecule has 1 heterocycles. The third kappa shape index (κ3) is 2.43. The molecule has 0 bridgehead atoms. The Kier molecular flexibility index (Phi) is 3.11. The fourth-order valence-electron chi connectivity index (χ4n) is 1.76. The number of rotatable bonds is 1. The van der Waals surface area contributed by atoms with Crippen molar-refractivity contribution in [2.45, 2.75) is 24.2 Å². The van der Waals surface area contributed by atoms with Gasteiger partial charge in [-0.25, -0.2) is 9.97 Å². The molecule has 7 heteroatoms. The molecule has 1 aromatic heterocycles. The SMILES string of the molecule is CSc1ncc2c(n1)C[C@@H](C(F)(F)F)CC2=O. The molecule has 0 saturated heterocycles. The smallest absolute Gasteiger partial charge is 0.294 e. The Morgan fingerprint density at radius 2 is 2.12 bits per heavy atom. The van der Waals surface area contributed by atoms with Crippen molar-refractivity contribution in [3.63, 3.8) is 0 Å². The minimum absolute atomic E-state index is 0.211. The number of halogens is 3. The van der Waals surface area contributed by atoms with Crippen molar-refractivity contribution in [2.75, 3.05) is 6.26 Å². The lowest BCUT2D eigenvalue weighted by atomic mass is 9.86. The van der Waals surface area contributed by atoms with Gasteiger partial charge < -0.3 is 0 Å². The van der Waals surface area contributed by atoms with Gasteiger partial charge in [-0.3, -0.25) is 4.79 Å². The molecular formula is C10H9F3N2OS. The van der Waals surface area contributed by atoms with Crippen LogP contribution in [0.2, 0.25) is 0 Å². The molecule has 1 atom stereocenters. The van der Waals surface area contributed by atoms with Crippen molar-refractivity contribution in [1.82, 2.24) is 9.97 Å². The molecule has 2 rings (SSSR count). The first-order valence-corrected chi connectivity index (χ1v) is 6.14. The molecule has 0 N–H and O–H groups in total. The van der Waals surface area contributed by atoms with Crippen LogP contribution in [0.3, 0.4) is 0 Å². The van der Waals surface area contributed by atoms with Gasteiger partial charge >= 0.3 is 6.18 Å². The predicted octanol–water partition coefficient (Wildman–Crippen LogP) is 2.51. The molecule has 0 radical (unpaired) electrons. The number of Topliss-reactive ketones (excluding diaryl/α,β-unsaturated/α-hetero) is 1. The molecule has 0 amide bonds. The van der Waals surface area contributed by atoms with Gasteiger partial charge in [0.25, 0.3) is 0 Å². The molecule has 0 aromatic carbocycles. The summed E-state index contributed by atoms with van der Waals surface area (Å²) in [6, 6.07) is 0. The minimum Gasteiger partial charge on any atom is -0.294 e. The fraction of sp³-hybridized carbons (Fsp3) is 0.500. The van der Waals surface area contributed by atoms with E-state index in [2.05, 4.69) is 9.97 Å². The molecule has 1 aliphatic carbocycles. The van der Waals surface area contributed by atoms with Crippen molar-refractivity contribution in [2.24, 2.45) is 5.92 Å². The van der Waals surface area contributed by atoms with E-state index in [1.54, 1.807) is 6.26 Å². The fourth-order valence-corrected chi connectivity index (χ4v) is 2.12. The summed E-state index contributed by atoms with van der Waals surface area (Å²) in [5.74, 6) is -2.15. The number of nitrogens with zero attached hydrogens (tertiary/aromatic N) is 2. The van der Waals surface area contributed by atoms with Crippen LogP contribution in [-0.4, -0.2) is 28.2 Å². The molecule has 0 aliphatic heterocycles. The lowest BCUT2D eigenvalue weighted by molar-refractivity contribution is -0.174. The van der Waals surface area contributed by atoms with Crippen LogP contribution in [-0.2, 0) is 6.42 Å². The predicted molar refractivity (Wildman–Crippen MR) is 56.0 cm³/mol. The zero-order valence-electron chi connectivity index (χ0n) is 8.91. The third-order valence-electron chi connectivity index (χ3n) is 2.66. The van der Waals surface area contributed by atoms with E-state index in [-0.39, 0.29) is 17.7 Å². The molecule has 1 aromatic rings. The lowest BCUT2D eigenvalue weighted by Gasteiger charge is -2.24. The Morgan fingerprint density at radius 3 is 2.71 bits per heavy atom. The van der Waals surface area contributed by atoms with Gasteiger partial charge in [0, 0.05) is 19.0 Å². The van der Waals surface area contributed by atoms with E-state index in [4.69, 9.17) is 0 Å². The maximum Gasteiger partial charge on any atom is 0.392 e. The number of alkyl halides is 3. The standard InChI is InChI=1S/C10H9F3N2OS/c1-17-9-14-4-6-7(15-9)2-5(3-8(6)16)10(11,12)13/h4-5H,2-3H2,1H3/t5-/m1/s1. The Morgan fingerprint density at radius 1 is 1.41 bits per heavy atom. The van der Waals surface area contributed by atoms with E-state index in [1.165, 1.54) is 18.0 Å². The van der Waals surface area contributed by atoms with Gasteiger partial charge in [-0.15, -0.1) is 0 Å². The van der Waals surface area contributed by atoms with Gasteiger partial charge in [0.05, 0.1) is 17.2 Å². The van der Waals surface area contributed by atoms with Crippen molar-refractivity contribution >= 4 is 17.5 Å². The minimum atomic E-state index is -4.35. The van der Waals surface area contributed by atoms with Crippen LogP contribution in [0.15, 0.2) is 11.4 Å². The summed E-state index contributed by atoms with van der Waals surface area (Å²) in [4.78, 5) is 19.4. The second-order valence-electron chi connectivity index (χ2n) is 3.79. The van der Waals surface area contributed by atoms with Crippen LogP contribution in [0.1, 0.15) is 22.5 Å². The zero-order chi connectivity index (χ0) is 12.6. The summed E-state index contributed by atoms with van der Waals surface area (Å²) in [6.07, 6.45) is -2.03. The molecule has 0 spiro atoms. The Labute approximate surface area is 99.8 Å². The highest BCUT2D eigenvalue weighted by atomic mass is 32.2. The van der Waals surface area contributed by atoms with E-state index in [0.29, 0.717) is 5.16 Å². The van der Waals surface area contributed by atoms with Crippen LogP contribution in [0, 0.1) is 5.92 Å². The van der Waals surface area contributed by atoms with Gasteiger partial charge in [0.1, 0.15) is 0 Å². The molecule has 17 heavy (non-hydrogen) atoms. The first-order valence-electron chi connectivity index (χ1n) is 4.91. The van der Waals surface area contributed by atoms with E-state index in [1.807, 2.05) is 0 Å². The second-order valence-corrected chi connectivity index (χ2v) is 4.56. The van der Waals surface area contributed by atoms with Crippen molar-refractivity contribution < 1.29 is 18.0 Å². The molecule has 0 fully saturated rings. The van der Waals surface area contributed by atoms with Crippen molar-refractivity contribution in [1.29, 1.82) is 0 Å². The van der Waals surface area contributed by atoms with E-state index in [0.717, 1.165) is 0 Å². The van der Waals surface area contributed by atoms with Crippen molar-refractivity contribution in [3.8, 4) is 0 Å². The first kappa shape index (κ1) is 12.3. The highest BCUT2D eigenvalue weighted by molar-refractivity contribution is 7.98. The van der Waals surface area contributed by atoms with Crippen LogP contribution < -0.4 is 0 Å². The third-order valence-corrected chi connectivity index (χ3v) is 3.22. The normalized spacial score (nSPS) is 20.2. The van der Waals surface area contributed by atoms with Gasteiger partial charge in [-0.2, -0.15) is 13.2 Å². The molecule has 3 nitrogen and oxygen atoms in total. The Bertz CT molecular complexity index is 461. The largest absolute Gasteiger partial charge is 0.392 e. The average Bonchev–Trinajstić information content (AvgIpc) is 2.27. The molecular weight excluding hydrogens is 253 g/mol. The summed E-state index contributed by atoms with van der Waals surface area (Å²) in [5.41, 5.74) is 0.436. The highest BCUT2D eigenvalue weighted by Crippen LogP contribution is 2.36. The molecule has 0 unspecified atom stereocenters. The second kappa shape index (κ2) is 4.29. The van der Waals surface area contributed by atoms with Gasteiger partial charge in [0.15, 0.2) is 10.9 Å². The monoisotopic (exact) mass is 262 g/mol. The number of hydrogen-bond donors (Lipinski definition) is 0. The zero-order valence-corrected chi connectivity index (χ0v) is 9.73. The first-order chi connectivity index (χ1) is 7.91. The van der Waals surface area contributed by atoms with Crippen molar-refractivity contribution in [3.05, 3.63) is 17.5 Å². The maximum atomic E-state index is 12.6. The highest BCUT2D eigenvalue weighted by Gasteiger charge is 2.44. The topological polar surface area (TPSA) is 42.9 Å². The summed E-state index contributed by atoms with van der Waals surface area (Å²) < 4.78 is 37.8. The van der Waals surface area contributed by atoms with E-state index >= 15 is 0 Å².